The molecule has 6 nitrogen and oxygen atoms in total. The first kappa shape index (κ1) is 15.1. The fraction of sp³-hybridized carbons (Fsp3) is 0.462. The third-order valence-corrected chi connectivity index (χ3v) is 2.83. The van der Waals surface area contributed by atoms with E-state index in [-0.39, 0.29) is 11.6 Å². The van der Waals surface area contributed by atoms with Crippen LogP contribution < -0.4 is 5.32 Å². The SMILES string of the molecule is Cc1c(C(=O)NCCCC(C)O)cccc1[N+](=O)[O-]. The number of nitrogens with zero attached hydrogens (tertiary/aromatic N) is 1. The van der Waals surface area contributed by atoms with E-state index >= 15 is 0 Å². The zero-order valence-electron chi connectivity index (χ0n) is 11.0. The molecule has 0 aliphatic heterocycles. The third-order valence-electron chi connectivity index (χ3n) is 2.83. The van der Waals surface area contributed by atoms with E-state index in [1.54, 1.807) is 19.9 Å². The number of aliphatic hydroxyl groups excluding tert-OH is 1. The highest BCUT2D eigenvalue weighted by Gasteiger charge is 2.17. The Morgan fingerprint density at radius 2 is 2.21 bits per heavy atom. The Morgan fingerprint density at radius 1 is 1.53 bits per heavy atom. The molecule has 6 heteroatoms. The van der Waals surface area contributed by atoms with Gasteiger partial charge in [-0.3, -0.25) is 14.9 Å². The summed E-state index contributed by atoms with van der Waals surface area (Å²) in [5.74, 6) is -0.327. The first-order valence-corrected chi connectivity index (χ1v) is 6.13. The summed E-state index contributed by atoms with van der Waals surface area (Å²) in [6, 6.07) is 4.43. The lowest BCUT2D eigenvalue weighted by molar-refractivity contribution is -0.385. The van der Waals surface area contributed by atoms with Gasteiger partial charge in [0.1, 0.15) is 0 Å². The van der Waals surface area contributed by atoms with Crippen LogP contribution in [0.5, 0.6) is 0 Å². The van der Waals surface area contributed by atoms with E-state index in [1.165, 1.54) is 12.1 Å². The Kier molecular flexibility index (Phi) is 5.44. The molecule has 104 valence electrons. The van der Waals surface area contributed by atoms with Crippen molar-refractivity contribution >= 4 is 11.6 Å². The molecule has 0 saturated carbocycles. The standard InChI is InChI=1S/C13H18N2O4/c1-9(16)5-4-8-14-13(17)11-6-3-7-12(10(11)2)15(18)19/h3,6-7,9,16H,4-5,8H2,1-2H3,(H,14,17). The van der Waals surface area contributed by atoms with Gasteiger partial charge in [-0.1, -0.05) is 6.07 Å². The predicted octanol–water partition coefficient (Wildman–Crippen LogP) is 1.79. The Bertz CT molecular complexity index is 472. The van der Waals surface area contributed by atoms with E-state index in [9.17, 15) is 14.9 Å². The average Bonchev–Trinajstić information content (AvgIpc) is 2.34. The zero-order chi connectivity index (χ0) is 14.4. The number of carbonyl (C=O) groups excluding carboxylic acids is 1. The molecule has 0 radical (unpaired) electrons. The van der Waals surface area contributed by atoms with Crippen molar-refractivity contribution in [2.45, 2.75) is 32.8 Å². The normalized spacial score (nSPS) is 11.9. The monoisotopic (exact) mass is 266 g/mol. The maximum atomic E-state index is 11.9. The zero-order valence-corrected chi connectivity index (χ0v) is 11.0. The molecule has 19 heavy (non-hydrogen) atoms. The van der Waals surface area contributed by atoms with Crippen molar-refractivity contribution in [2.24, 2.45) is 0 Å². The smallest absolute Gasteiger partial charge is 0.273 e. The fourth-order valence-corrected chi connectivity index (χ4v) is 1.76. The Morgan fingerprint density at radius 3 is 2.79 bits per heavy atom. The summed E-state index contributed by atoms with van der Waals surface area (Å²) < 4.78 is 0. The second-order valence-electron chi connectivity index (χ2n) is 4.45. The van der Waals surface area contributed by atoms with Gasteiger partial charge in [-0.15, -0.1) is 0 Å². The minimum absolute atomic E-state index is 0.0587. The van der Waals surface area contributed by atoms with Crippen molar-refractivity contribution in [1.29, 1.82) is 0 Å². The number of nitrogens with one attached hydrogen (secondary N) is 1. The Labute approximate surface area is 111 Å². The summed E-state index contributed by atoms with van der Waals surface area (Å²) in [6.07, 6.45) is 0.877. The Balaban J connectivity index is 2.67. The van der Waals surface area contributed by atoms with Crippen LogP contribution in [0.15, 0.2) is 18.2 Å². The van der Waals surface area contributed by atoms with Gasteiger partial charge in [-0.05, 0) is 32.8 Å². The molecule has 2 N–H and O–H groups in total. The van der Waals surface area contributed by atoms with Gasteiger partial charge in [0.15, 0.2) is 0 Å². The van der Waals surface area contributed by atoms with Crippen molar-refractivity contribution in [3.63, 3.8) is 0 Å². The highest BCUT2D eigenvalue weighted by Crippen LogP contribution is 2.20. The number of nitro groups is 1. The van der Waals surface area contributed by atoms with Crippen LogP contribution in [-0.2, 0) is 0 Å². The maximum Gasteiger partial charge on any atom is 0.273 e. The number of hydrogen-bond acceptors (Lipinski definition) is 4. The molecule has 0 spiro atoms. The number of hydrogen-bond donors (Lipinski definition) is 2. The van der Waals surface area contributed by atoms with E-state index in [1.807, 2.05) is 0 Å². The lowest BCUT2D eigenvalue weighted by Crippen LogP contribution is -2.25. The molecule has 0 saturated heterocycles. The van der Waals surface area contributed by atoms with Crippen molar-refractivity contribution in [3.05, 3.63) is 39.4 Å². The van der Waals surface area contributed by atoms with Crippen molar-refractivity contribution < 1.29 is 14.8 Å². The highest BCUT2D eigenvalue weighted by atomic mass is 16.6. The molecule has 0 bridgehead atoms. The summed E-state index contributed by atoms with van der Waals surface area (Å²) >= 11 is 0. The predicted molar refractivity (Wildman–Crippen MR) is 71.1 cm³/mol. The Hall–Kier alpha value is -1.95. The number of carbonyl (C=O) groups is 1. The topological polar surface area (TPSA) is 92.5 Å². The first-order chi connectivity index (χ1) is 8.93. The summed E-state index contributed by atoms with van der Waals surface area (Å²) in [4.78, 5) is 22.2. The molecule has 0 heterocycles. The number of amides is 1. The van der Waals surface area contributed by atoms with Gasteiger partial charge >= 0.3 is 0 Å². The number of nitro benzene ring substituents is 1. The van der Waals surface area contributed by atoms with E-state index in [0.29, 0.717) is 30.5 Å². The lowest BCUT2D eigenvalue weighted by Gasteiger charge is -2.08. The van der Waals surface area contributed by atoms with Gasteiger partial charge in [0.05, 0.1) is 11.0 Å². The van der Waals surface area contributed by atoms with Crippen LogP contribution in [0.4, 0.5) is 5.69 Å². The highest BCUT2D eigenvalue weighted by molar-refractivity contribution is 5.96. The average molecular weight is 266 g/mol. The molecule has 0 aliphatic rings. The summed E-state index contributed by atoms with van der Waals surface area (Å²) in [5, 5.41) is 22.6. The second kappa shape index (κ2) is 6.84. The van der Waals surface area contributed by atoms with Crippen LogP contribution in [0.25, 0.3) is 0 Å². The van der Waals surface area contributed by atoms with Gasteiger partial charge < -0.3 is 10.4 Å². The lowest BCUT2D eigenvalue weighted by atomic mass is 10.1. The van der Waals surface area contributed by atoms with Gasteiger partial charge in [-0.25, -0.2) is 0 Å². The molecule has 0 fully saturated rings. The number of rotatable bonds is 6. The molecular formula is C13H18N2O4. The van der Waals surface area contributed by atoms with Crippen molar-refractivity contribution in [2.75, 3.05) is 6.54 Å². The molecule has 1 aromatic carbocycles. The summed E-state index contributed by atoms with van der Waals surface area (Å²) in [6.45, 7) is 3.68. The van der Waals surface area contributed by atoms with Crippen molar-refractivity contribution in [3.8, 4) is 0 Å². The molecular weight excluding hydrogens is 248 g/mol. The molecule has 0 aliphatic carbocycles. The molecule has 1 rings (SSSR count). The maximum absolute atomic E-state index is 11.9. The quantitative estimate of drug-likeness (QED) is 0.466. The molecule has 1 unspecified atom stereocenters. The van der Waals surface area contributed by atoms with E-state index in [0.717, 1.165) is 0 Å². The number of benzene rings is 1. The largest absolute Gasteiger partial charge is 0.393 e. The number of aliphatic hydroxyl groups is 1. The fourth-order valence-electron chi connectivity index (χ4n) is 1.76. The van der Waals surface area contributed by atoms with Crippen LogP contribution in [0.1, 0.15) is 35.7 Å². The van der Waals surface area contributed by atoms with Crippen LogP contribution in [0.2, 0.25) is 0 Å². The second-order valence-corrected chi connectivity index (χ2v) is 4.45. The minimum atomic E-state index is -0.500. The van der Waals surface area contributed by atoms with E-state index < -0.39 is 11.0 Å². The summed E-state index contributed by atoms with van der Waals surface area (Å²) in [7, 11) is 0. The first-order valence-electron chi connectivity index (χ1n) is 6.13. The molecule has 0 aromatic heterocycles. The van der Waals surface area contributed by atoms with E-state index in [4.69, 9.17) is 5.11 Å². The van der Waals surface area contributed by atoms with Gasteiger partial charge in [0.25, 0.3) is 11.6 Å². The van der Waals surface area contributed by atoms with Crippen LogP contribution >= 0.6 is 0 Å². The molecule has 1 aromatic rings. The van der Waals surface area contributed by atoms with Gasteiger partial charge in [0, 0.05) is 23.7 Å². The van der Waals surface area contributed by atoms with Gasteiger partial charge in [0.2, 0.25) is 0 Å². The van der Waals surface area contributed by atoms with Crippen LogP contribution in [0.3, 0.4) is 0 Å². The molecule has 1 amide bonds. The molecule has 1 atom stereocenters. The van der Waals surface area contributed by atoms with Crippen molar-refractivity contribution in [1.82, 2.24) is 5.32 Å². The third kappa shape index (κ3) is 4.33. The van der Waals surface area contributed by atoms with Crippen LogP contribution in [0, 0.1) is 17.0 Å². The van der Waals surface area contributed by atoms with E-state index in [2.05, 4.69) is 5.32 Å². The minimum Gasteiger partial charge on any atom is -0.393 e. The van der Waals surface area contributed by atoms with Gasteiger partial charge in [-0.2, -0.15) is 0 Å². The van der Waals surface area contributed by atoms with Crippen LogP contribution in [-0.4, -0.2) is 28.6 Å². The summed E-state index contributed by atoms with van der Waals surface area (Å²) in [5.41, 5.74) is 0.614.